The van der Waals surface area contributed by atoms with Gasteiger partial charge in [-0.1, -0.05) is 22.0 Å². The predicted octanol–water partition coefficient (Wildman–Crippen LogP) is 3.89. The standard InChI is InChI=1S/C14H15BrN2OS/c1-9-13(10(2)18)7-16-14(17-9)8-19-12-5-3-4-11(15)6-12/h3-7,10,18H,8H2,1-2H3. The quantitative estimate of drug-likeness (QED) is 0.859. The molecule has 1 unspecified atom stereocenters. The summed E-state index contributed by atoms with van der Waals surface area (Å²) in [6.45, 7) is 3.62. The SMILES string of the molecule is Cc1nc(CSc2cccc(Br)c2)ncc1C(C)O. The lowest BCUT2D eigenvalue weighted by Crippen LogP contribution is -2.02. The van der Waals surface area contributed by atoms with Gasteiger partial charge in [-0.25, -0.2) is 9.97 Å². The summed E-state index contributed by atoms with van der Waals surface area (Å²) in [6.07, 6.45) is 1.19. The van der Waals surface area contributed by atoms with E-state index in [1.807, 2.05) is 19.1 Å². The monoisotopic (exact) mass is 338 g/mol. The molecule has 1 N–H and O–H groups in total. The summed E-state index contributed by atoms with van der Waals surface area (Å²) >= 11 is 5.15. The number of aryl methyl sites for hydroxylation is 1. The minimum absolute atomic E-state index is 0.521. The molecule has 0 radical (unpaired) electrons. The molecule has 1 atom stereocenters. The fraction of sp³-hybridized carbons (Fsp3) is 0.286. The van der Waals surface area contributed by atoms with E-state index < -0.39 is 6.10 Å². The second-order valence-corrected chi connectivity index (χ2v) is 6.21. The molecule has 100 valence electrons. The lowest BCUT2D eigenvalue weighted by molar-refractivity contribution is 0.197. The van der Waals surface area contributed by atoms with Crippen LogP contribution in [0.15, 0.2) is 39.8 Å². The van der Waals surface area contributed by atoms with Gasteiger partial charge in [-0.15, -0.1) is 11.8 Å². The van der Waals surface area contributed by atoms with Gasteiger partial charge in [-0.2, -0.15) is 0 Å². The highest BCUT2D eigenvalue weighted by Gasteiger charge is 2.08. The second-order valence-electron chi connectivity index (χ2n) is 4.25. The van der Waals surface area contributed by atoms with Crippen molar-refractivity contribution < 1.29 is 5.11 Å². The first kappa shape index (κ1) is 14.5. The van der Waals surface area contributed by atoms with Crippen LogP contribution in [0.2, 0.25) is 0 Å². The highest BCUT2D eigenvalue weighted by atomic mass is 79.9. The predicted molar refractivity (Wildman–Crippen MR) is 81.1 cm³/mol. The topological polar surface area (TPSA) is 46.0 Å². The van der Waals surface area contributed by atoms with Gasteiger partial charge in [0.05, 0.1) is 11.9 Å². The van der Waals surface area contributed by atoms with Crippen LogP contribution in [-0.4, -0.2) is 15.1 Å². The molecule has 2 aromatic rings. The van der Waals surface area contributed by atoms with Gasteiger partial charge in [0.25, 0.3) is 0 Å². The highest BCUT2D eigenvalue weighted by Crippen LogP contribution is 2.24. The second kappa shape index (κ2) is 6.50. The molecule has 3 nitrogen and oxygen atoms in total. The van der Waals surface area contributed by atoms with Crippen molar-refractivity contribution in [3.8, 4) is 0 Å². The number of benzene rings is 1. The molecular formula is C14H15BrN2OS. The molecule has 19 heavy (non-hydrogen) atoms. The van der Waals surface area contributed by atoms with Gasteiger partial charge >= 0.3 is 0 Å². The zero-order chi connectivity index (χ0) is 13.8. The van der Waals surface area contributed by atoms with E-state index in [9.17, 15) is 5.11 Å². The number of hydrogen-bond donors (Lipinski definition) is 1. The van der Waals surface area contributed by atoms with Crippen LogP contribution in [0.3, 0.4) is 0 Å². The lowest BCUT2D eigenvalue weighted by Gasteiger charge is -2.09. The number of aliphatic hydroxyl groups is 1. The Bertz CT molecular complexity index is 575. The third-order valence-electron chi connectivity index (χ3n) is 2.68. The third kappa shape index (κ3) is 4.03. The van der Waals surface area contributed by atoms with Crippen LogP contribution in [0.25, 0.3) is 0 Å². The van der Waals surface area contributed by atoms with Crippen LogP contribution < -0.4 is 0 Å². The van der Waals surface area contributed by atoms with Crippen LogP contribution in [-0.2, 0) is 5.75 Å². The first-order chi connectivity index (χ1) is 9.06. The highest BCUT2D eigenvalue weighted by molar-refractivity contribution is 9.10. The number of nitrogens with zero attached hydrogens (tertiary/aromatic N) is 2. The third-order valence-corrected chi connectivity index (χ3v) is 4.16. The van der Waals surface area contributed by atoms with Crippen LogP contribution >= 0.6 is 27.7 Å². The molecule has 0 spiro atoms. The number of hydrogen-bond acceptors (Lipinski definition) is 4. The summed E-state index contributed by atoms with van der Waals surface area (Å²) in [7, 11) is 0. The van der Waals surface area contributed by atoms with Crippen molar-refractivity contribution in [3.63, 3.8) is 0 Å². The molecule has 0 bridgehead atoms. The molecular weight excluding hydrogens is 324 g/mol. The maximum Gasteiger partial charge on any atom is 0.138 e. The summed E-state index contributed by atoms with van der Waals surface area (Å²) in [5, 5.41) is 9.54. The van der Waals surface area contributed by atoms with Gasteiger partial charge in [0.15, 0.2) is 0 Å². The maximum absolute atomic E-state index is 9.54. The van der Waals surface area contributed by atoms with E-state index in [2.05, 4.69) is 38.0 Å². The van der Waals surface area contributed by atoms with Gasteiger partial charge in [0.2, 0.25) is 0 Å². The molecule has 1 aromatic heterocycles. The Kier molecular flexibility index (Phi) is 4.96. The van der Waals surface area contributed by atoms with Crippen molar-refractivity contribution >= 4 is 27.7 Å². The summed E-state index contributed by atoms with van der Waals surface area (Å²) < 4.78 is 1.07. The summed E-state index contributed by atoms with van der Waals surface area (Å²) in [6, 6.07) is 8.14. The summed E-state index contributed by atoms with van der Waals surface area (Å²) in [5.74, 6) is 1.50. The van der Waals surface area contributed by atoms with E-state index in [0.717, 1.165) is 27.3 Å². The molecule has 2 rings (SSSR count). The molecule has 0 saturated carbocycles. The average Bonchev–Trinajstić information content (AvgIpc) is 2.36. The van der Waals surface area contributed by atoms with Crippen LogP contribution in [0, 0.1) is 6.92 Å². The van der Waals surface area contributed by atoms with Crippen molar-refractivity contribution in [3.05, 3.63) is 52.0 Å². The van der Waals surface area contributed by atoms with Gasteiger partial charge in [0, 0.05) is 26.8 Å². The van der Waals surface area contributed by atoms with E-state index in [0.29, 0.717) is 0 Å². The van der Waals surface area contributed by atoms with Crippen molar-refractivity contribution in [1.82, 2.24) is 9.97 Å². The first-order valence-electron chi connectivity index (χ1n) is 5.95. The zero-order valence-electron chi connectivity index (χ0n) is 10.8. The molecule has 5 heteroatoms. The Morgan fingerprint density at radius 2 is 2.21 bits per heavy atom. The van der Waals surface area contributed by atoms with Crippen LogP contribution in [0.1, 0.15) is 30.1 Å². The number of rotatable bonds is 4. The van der Waals surface area contributed by atoms with Crippen molar-refractivity contribution in [2.75, 3.05) is 0 Å². The Balaban J connectivity index is 2.06. The van der Waals surface area contributed by atoms with E-state index >= 15 is 0 Å². The number of thioether (sulfide) groups is 1. The Morgan fingerprint density at radius 3 is 2.84 bits per heavy atom. The minimum Gasteiger partial charge on any atom is -0.389 e. The van der Waals surface area contributed by atoms with Gasteiger partial charge in [-0.05, 0) is 32.0 Å². The largest absolute Gasteiger partial charge is 0.389 e. The summed E-state index contributed by atoms with van der Waals surface area (Å²) in [5.41, 5.74) is 1.63. The van der Waals surface area contributed by atoms with Crippen LogP contribution in [0.4, 0.5) is 0 Å². The van der Waals surface area contributed by atoms with E-state index in [-0.39, 0.29) is 0 Å². The molecule has 0 aliphatic carbocycles. The molecule has 0 fully saturated rings. The maximum atomic E-state index is 9.54. The number of aliphatic hydroxyl groups excluding tert-OH is 1. The Hall–Kier alpha value is -0.910. The van der Waals surface area contributed by atoms with Crippen molar-refractivity contribution in [1.29, 1.82) is 0 Å². The normalized spacial score (nSPS) is 12.4. The fourth-order valence-corrected chi connectivity index (χ4v) is 3.08. The smallest absolute Gasteiger partial charge is 0.138 e. The molecule has 1 aromatic carbocycles. The van der Waals surface area contributed by atoms with Crippen LogP contribution in [0.5, 0.6) is 0 Å². The minimum atomic E-state index is -0.521. The molecule has 0 aliphatic rings. The first-order valence-corrected chi connectivity index (χ1v) is 7.73. The van der Waals surface area contributed by atoms with E-state index in [1.165, 1.54) is 4.90 Å². The molecule has 0 saturated heterocycles. The Morgan fingerprint density at radius 1 is 1.42 bits per heavy atom. The van der Waals surface area contributed by atoms with Gasteiger partial charge in [0.1, 0.15) is 5.82 Å². The van der Waals surface area contributed by atoms with Gasteiger partial charge < -0.3 is 5.11 Å². The van der Waals surface area contributed by atoms with Gasteiger partial charge in [-0.3, -0.25) is 0 Å². The molecule has 1 heterocycles. The van der Waals surface area contributed by atoms with Crippen molar-refractivity contribution in [2.24, 2.45) is 0 Å². The average molecular weight is 339 g/mol. The Labute approximate surface area is 125 Å². The number of aromatic nitrogens is 2. The molecule has 0 amide bonds. The summed E-state index contributed by atoms with van der Waals surface area (Å²) in [4.78, 5) is 9.90. The van der Waals surface area contributed by atoms with E-state index in [4.69, 9.17) is 0 Å². The molecule has 0 aliphatic heterocycles. The number of halogens is 1. The van der Waals surface area contributed by atoms with E-state index in [1.54, 1.807) is 24.9 Å². The van der Waals surface area contributed by atoms with Crippen molar-refractivity contribution in [2.45, 2.75) is 30.6 Å². The lowest BCUT2D eigenvalue weighted by atomic mass is 10.1. The fourth-order valence-electron chi connectivity index (χ4n) is 1.71. The zero-order valence-corrected chi connectivity index (χ0v) is 13.2.